The highest BCUT2D eigenvalue weighted by Gasteiger charge is 2.52. The van der Waals surface area contributed by atoms with Crippen LogP contribution in [-0.4, -0.2) is 61.8 Å². The van der Waals surface area contributed by atoms with Crippen LogP contribution < -0.4 is 5.32 Å². The van der Waals surface area contributed by atoms with E-state index in [9.17, 15) is 14.0 Å². The number of aryl methyl sites for hydroxylation is 1. The fraction of sp³-hybridized carbons (Fsp3) is 0.467. The highest BCUT2D eigenvalue weighted by molar-refractivity contribution is 9.10. The lowest BCUT2D eigenvalue weighted by molar-refractivity contribution is -0.121. The summed E-state index contributed by atoms with van der Waals surface area (Å²) in [5.41, 5.74) is 2.36. The summed E-state index contributed by atoms with van der Waals surface area (Å²) < 4.78 is 29.3. The maximum atomic E-state index is 15.0. The zero-order chi connectivity index (χ0) is 29.6. The van der Waals surface area contributed by atoms with E-state index in [-0.39, 0.29) is 35.8 Å². The number of benzene rings is 2. The normalized spacial score (nSPS) is 22.9. The van der Waals surface area contributed by atoms with Crippen LogP contribution in [0.2, 0.25) is 0 Å². The standard InChI is InChI=1S/C30H35BrFN5O4/c1-16-11-19(7-9-22(16)31)18(3)36-15-24(34-35-36)21-13-20(8-10-23(21)32)33-28(38)26-14-27-25(12-17(2)40-27)37(26)29(39)41-30(4,5)6/h7-11,13,15,17-18,25-27H,12,14H2,1-6H3,(H,33,38)/t17?,18-,25?,26?,27?/m1/s1. The molecule has 3 heterocycles. The van der Waals surface area contributed by atoms with E-state index in [0.717, 1.165) is 15.6 Å². The van der Waals surface area contributed by atoms with Gasteiger partial charge < -0.3 is 14.8 Å². The molecule has 2 aromatic carbocycles. The van der Waals surface area contributed by atoms with Gasteiger partial charge in [0.2, 0.25) is 5.91 Å². The van der Waals surface area contributed by atoms with Gasteiger partial charge in [0.1, 0.15) is 23.2 Å². The molecule has 3 aromatic rings. The number of ether oxygens (including phenoxy) is 2. The average molecular weight is 629 g/mol. The van der Waals surface area contributed by atoms with Crippen LogP contribution in [-0.2, 0) is 14.3 Å². The third-order valence-electron chi connectivity index (χ3n) is 7.55. The first kappa shape index (κ1) is 29.2. The average Bonchev–Trinajstić information content (AvgIpc) is 3.59. The predicted molar refractivity (Wildman–Crippen MR) is 156 cm³/mol. The van der Waals surface area contributed by atoms with Gasteiger partial charge in [0.25, 0.3) is 0 Å². The second-order valence-corrected chi connectivity index (χ2v) is 12.7. The number of carbonyl (C=O) groups excluding carboxylic acids is 2. The van der Waals surface area contributed by atoms with Gasteiger partial charge in [-0.25, -0.2) is 13.9 Å². The molecule has 11 heteroatoms. The first-order chi connectivity index (χ1) is 19.3. The highest BCUT2D eigenvalue weighted by atomic mass is 79.9. The molecule has 1 aromatic heterocycles. The molecule has 218 valence electrons. The summed E-state index contributed by atoms with van der Waals surface area (Å²) in [5.74, 6) is -0.877. The second kappa shape index (κ2) is 11.2. The molecule has 4 unspecified atom stereocenters. The van der Waals surface area contributed by atoms with Crippen molar-refractivity contribution in [1.29, 1.82) is 0 Å². The molecule has 2 amide bonds. The Morgan fingerprint density at radius 1 is 1.20 bits per heavy atom. The maximum Gasteiger partial charge on any atom is 0.411 e. The van der Waals surface area contributed by atoms with Gasteiger partial charge in [-0.05, 0) is 83.4 Å². The minimum Gasteiger partial charge on any atom is -0.444 e. The summed E-state index contributed by atoms with van der Waals surface area (Å²) in [4.78, 5) is 28.2. The molecule has 2 saturated heterocycles. The molecule has 5 atom stereocenters. The van der Waals surface area contributed by atoms with Gasteiger partial charge in [0.15, 0.2) is 0 Å². The Bertz CT molecular complexity index is 1470. The number of hydrogen-bond donors (Lipinski definition) is 1. The van der Waals surface area contributed by atoms with Gasteiger partial charge in [0, 0.05) is 22.1 Å². The predicted octanol–water partition coefficient (Wildman–Crippen LogP) is 6.26. The molecule has 0 bridgehead atoms. The van der Waals surface area contributed by atoms with E-state index < -0.39 is 23.6 Å². The summed E-state index contributed by atoms with van der Waals surface area (Å²) in [7, 11) is 0. The molecular weight excluding hydrogens is 593 g/mol. The fourth-order valence-corrected chi connectivity index (χ4v) is 5.76. The quantitative estimate of drug-likeness (QED) is 0.359. The molecule has 2 fully saturated rings. The molecule has 0 saturated carbocycles. The smallest absolute Gasteiger partial charge is 0.411 e. The Hall–Kier alpha value is -3.31. The number of carbonyl (C=O) groups is 2. The van der Waals surface area contributed by atoms with E-state index in [0.29, 0.717) is 24.2 Å². The zero-order valence-electron chi connectivity index (χ0n) is 24.0. The molecule has 1 N–H and O–H groups in total. The van der Waals surface area contributed by atoms with Crippen molar-refractivity contribution in [2.24, 2.45) is 0 Å². The first-order valence-electron chi connectivity index (χ1n) is 13.8. The molecule has 0 radical (unpaired) electrons. The van der Waals surface area contributed by atoms with Gasteiger partial charge in [-0.15, -0.1) is 5.10 Å². The molecule has 2 aliphatic heterocycles. The van der Waals surface area contributed by atoms with Gasteiger partial charge in [-0.1, -0.05) is 33.3 Å². The summed E-state index contributed by atoms with van der Waals surface area (Å²) in [5, 5.41) is 11.3. The number of likely N-dealkylation sites (tertiary alicyclic amines) is 1. The van der Waals surface area contributed by atoms with Crippen LogP contribution in [0.25, 0.3) is 11.3 Å². The molecule has 5 rings (SSSR count). The van der Waals surface area contributed by atoms with Crippen LogP contribution >= 0.6 is 15.9 Å². The maximum absolute atomic E-state index is 15.0. The van der Waals surface area contributed by atoms with E-state index in [1.165, 1.54) is 23.1 Å². The van der Waals surface area contributed by atoms with Gasteiger partial charge in [-0.2, -0.15) is 0 Å². The third kappa shape index (κ3) is 6.16. The van der Waals surface area contributed by atoms with E-state index in [4.69, 9.17) is 9.47 Å². The minimum absolute atomic E-state index is 0.0115. The Morgan fingerprint density at radius 2 is 1.95 bits per heavy atom. The van der Waals surface area contributed by atoms with Crippen LogP contribution in [0, 0.1) is 12.7 Å². The zero-order valence-corrected chi connectivity index (χ0v) is 25.6. The summed E-state index contributed by atoms with van der Waals surface area (Å²) >= 11 is 3.52. The second-order valence-electron chi connectivity index (χ2n) is 11.9. The van der Waals surface area contributed by atoms with Crippen molar-refractivity contribution in [3.63, 3.8) is 0 Å². The highest BCUT2D eigenvalue weighted by Crippen LogP contribution is 2.38. The van der Waals surface area contributed by atoms with Crippen molar-refractivity contribution in [3.8, 4) is 11.3 Å². The van der Waals surface area contributed by atoms with E-state index in [2.05, 4.69) is 37.6 Å². The summed E-state index contributed by atoms with van der Waals surface area (Å²) in [6.07, 6.45) is 1.87. The van der Waals surface area contributed by atoms with Crippen molar-refractivity contribution >= 4 is 33.6 Å². The van der Waals surface area contributed by atoms with E-state index >= 15 is 0 Å². The minimum atomic E-state index is -0.781. The monoisotopic (exact) mass is 627 g/mol. The van der Waals surface area contributed by atoms with Gasteiger partial charge >= 0.3 is 6.09 Å². The summed E-state index contributed by atoms with van der Waals surface area (Å²) in [6.45, 7) is 11.3. The number of amides is 2. The third-order valence-corrected chi connectivity index (χ3v) is 8.44. The van der Waals surface area contributed by atoms with Crippen molar-refractivity contribution in [2.45, 2.75) is 90.3 Å². The molecule has 9 nitrogen and oxygen atoms in total. The van der Waals surface area contributed by atoms with Crippen LogP contribution in [0.15, 0.2) is 47.1 Å². The van der Waals surface area contributed by atoms with Crippen LogP contribution in [0.5, 0.6) is 0 Å². The Kier molecular flexibility index (Phi) is 7.95. The lowest BCUT2D eigenvalue weighted by atomic mass is 10.1. The van der Waals surface area contributed by atoms with E-state index in [1.54, 1.807) is 31.6 Å². The number of nitrogens with zero attached hydrogens (tertiary/aromatic N) is 4. The molecule has 0 aliphatic carbocycles. The fourth-order valence-electron chi connectivity index (χ4n) is 5.51. The van der Waals surface area contributed by atoms with Crippen molar-refractivity contribution in [3.05, 3.63) is 64.0 Å². The Labute approximate surface area is 247 Å². The lowest BCUT2D eigenvalue weighted by Gasteiger charge is -2.31. The summed E-state index contributed by atoms with van der Waals surface area (Å²) in [6, 6.07) is 9.20. The van der Waals surface area contributed by atoms with Crippen LogP contribution in [0.4, 0.5) is 14.9 Å². The number of hydrogen-bond acceptors (Lipinski definition) is 6. The van der Waals surface area contributed by atoms with Crippen LogP contribution in [0.3, 0.4) is 0 Å². The van der Waals surface area contributed by atoms with E-state index in [1.807, 2.05) is 32.9 Å². The van der Waals surface area contributed by atoms with Crippen molar-refractivity contribution < 1.29 is 23.5 Å². The number of nitrogens with one attached hydrogen (secondary N) is 1. The van der Waals surface area contributed by atoms with Crippen LogP contribution in [0.1, 0.15) is 64.6 Å². The molecule has 41 heavy (non-hydrogen) atoms. The molecular formula is C30H35BrFN5O4. The largest absolute Gasteiger partial charge is 0.444 e. The number of fused-ring (bicyclic) bond motifs is 1. The van der Waals surface area contributed by atoms with Gasteiger partial charge in [0.05, 0.1) is 30.5 Å². The number of halogens is 2. The Balaban J connectivity index is 1.35. The number of rotatable bonds is 5. The van der Waals surface area contributed by atoms with Crippen molar-refractivity contribution in [1.82, 2.24) is 19.9 Å². The van der Waals surface area contributed by atoms with Gasteiger partial charge in [-0.3, -0.25) is 9.69 Å². The molecule has 2 aliphatic rings. The lowest BCUT2D eigenvalue weighted by Crippen LogP contribution is -2.49. The Morgan fingerprint density at radius 3 is 2.66 bits per heavy atom. The molecule has 0 spiro atoms. The first-order valence-corrected chi connectivity index (χ1v) is 14.6. The van der Waals surface area contributed by atoms with Crippen molar-refractivity contribution in [2.75, 3.05) is 5.32 Å². The number of aromatic nitrogens is 3. The SMILES string of the molecule is Cc1cc([C@@H](C)n2cc(-c3cc(NC(=O)C4CC5OC(C)CC5N4C(=O)OC(C)(C)C)ccc3F)nn2)ccc1Br. The number of anilines is 1. The topological polar surface area (TPSA) is 98.6 Å².